The average Bonchev–Trinajstić information content (AvgIpc) is 2.77. The number of aliphatic hydroxyl groups excluding tert-OH is 1. The largest absolute Gasteiger partial charge is 0.481 e. The van der Waals surface area contributed by atoms with Crippen molar-refractivity contribution < 1.29 is 39.3 Å². The van der Waals surface area contributed by atoms with Gasteiger partial charge in [-0.05, 0) is 38.1 Å². The molecule has 5 atom stereocenters. The first-order valence-electron chi connectivity index (χ1n) is 10.9. The average molecular weight is 476 g/mol. The van der Waals surface area contributed by atoms with Gasteiger partial charge in [0, 0.05) is 6.42 Å². The van der Waals surface area contributed by atoms with E-state index in [1.165, 1.54) is 0 Å². The number of nitrogens with two attached hydrogens (primary N) is 2. The predicted octanol–water partition coefficient (Wildman–Crippen LogP) is -2.12. The molecule has 0 heterocycles. The Morgan fingerprint density at radius 2 is 1.36 bits per heavy atom. The third kappa shape index (κ3) is 11.6. The van der Waals surface area contributed by atoms with Crippen molar-refractivity contribution in [3.05, 3.63) is 0 Å². The lowest BCUT2D eigenvalue weighted by molar-refractivity contribution is -0.144. The number of aliphatic carboxylic acids is 2. The van der Waals surface area contributed by atoms with Gasteiger partial charge in [0.05, 0.1) is 12.6 Å². The van der Waals surface area contributed by atoms with Crippen LogP contribution in [0.15, 0.2) is 0 Å². The van der Waals surface area contributed by atoms with Crippen LogP contribution in [0.5, 0.6) is 0 Å². The summed E-state index contributed by atoms with van der Waals surface area (Å²) in [5.41, 5.74) is 11.4. The molecular formula is C20H37N5O8. The molecule has 0 aliphatic heterocycles. The lowest BCUT2D eigenvalue weighted by Gasteiger charge is -2.26. The summed E-state index contributed by atoms with van der Waals surface area (Å²) in [5, 5.41) is 34.0. The molecule has 13 heteroatoms. The number of hydrogen-bond donors (Lipinski definition) is 8. The van der Waals surface area contributed by atoms with Crippen LogP contribution in [0, 0.1) is 5.92 Å². The van der Waals surface area contributed by atoms with Crippen LogP contribution in [0.3, 0.4) is 0 Å². The zero-order chi connectivity index (χ0) is 25.6. The molecule has 0 aliphatic carbocycles. The first-order chi connectivity index (χ1) is 15.5. The molecule has 0 spiro atoms. The molecule has 0 aromatic carbocycles. The van der Waals surface area contributed by atoms with Crippen molar-refractivity contribution in [2.75, 3.05) is 13.2 Å². The number of carboxylic acid groups (broad SMARTS) is 2. The van der Waals surface area contributed by atoms with E-state index in [-0.39, 0.29) is 18.8 Å². The minimum atomic E-state index is -1.63. The SMILES string of the molecule is CCC(C)C(N)C(=O)NC(CCCCN)C(=O)NC(CCC(=O)O)C(=O)NC(CO)C(=O)O. The first-order valence-corrected chi connectivity index (χ1v) is 10.9. The van der Waals surface area contributed by atoms with Crippen molar-refractivity contribution in [1.29, 1.82) is 0 Å². The Balaban J connectivity index is 5.51. The number of unbranched alkanes of at least 4 members (excludes halogenated alkanes) is 1. The highest BCUT2D eigenvalue weighted by atomic mass is 16.4. The Morgan fingerprint density at radius 3 is 1.82 bits per heavy atom. The Bertz CT molecular complexity index is 675. The first kappa shape index (κ1) is 30.2. The molecule has 13 nitrogen and oxygen atoms in total. The fourth-order valence-corrected chi connectivity index (χ4v) is 2.81. The van der Waals surface area contributed by atoms with E-state index in [0.29, 0.717) is 25.8 Å². The minimum Gasteiger partial charge on any atom is -0.481 e. The number of carbonyl (C=O) groups is 5. The number of carboxylic acids is 2. The van der Waals surface area contributed by atoms with Crippen molar-refractivity contribution in [2.24, 2.45) is 17.4 Å². The summed E-state index contributed by atoms with van der Waals surface area (Å²) in [7, 11) is 0. The summed E-state index contributed by atoms with van der Waals surface area (Å²) in [6.07, 6.45) is 1.09. The number of amides is 3. The summed E-state index contributed by atoms with van der Waals surface area (Å²) in [6.45, 7) is 3.13. The van der Waals surface area contributed by atoms with Crippen LogP contribution in [-0.2, 0) is 24.0 Å². The molecule has 190 valence electrons. The molecule has 0 rings (SSSR count). The van der Waals surface area contributed by atoms with Crippen molar-refractivity contribution in [2.45, 2.75) is 76.5 Å². The monoisotopic (exact) mass is 475 g/mol. The Morgan fingerprint density at radius 1 is 0.848 bits per heavy atom. The van der Waals surface area contributed by atoms with Gasteiger partial charge in [-0.25, -0.2) is 4.79 Å². The fourth-order valence-electron chi connectivity index (χ4n) is 2.81. The molecule has 33 heavy (non-hydrogen) atoms. The maximum absolute atomic E-state index is 12.9. The molecule has 0 aromatic rings. The summed E-state index contributed by atoms with van der Waals surface area (Å²) in [5.74, 6) is -5.15. The number of hydrogen-bond acceptors (Lipinski definition) is 8. The second-order valence-corrected chi connectivity index (χ2v) is 7.83. The van der Waals surface area contributed by atoms with Crippen LogP contribution in [0.25, 0.3) is 0 Å². The van der Waals surface area contributed by atoms with Gasteiger partial charge in [-0.2, -0.15) is 0 Å². The number of rotatable bonds is 17. The van der Waals surface area contributed by atoms with E-state index in [4.69, 9.17) is 26.8 Å². The maximum Gasteiger partial charge on any atom is 0.328 e. The van der Waals surface area contributed by atoms with Gasteiger partial charge in [0.15, 0.2) is 0 Å². The molecule has 0 radical (unpaired) electrons. The predicted molar refractivity (Wildman–Crippen MR) is 118 cm³/mol. The Labute approximate surface area is 192 Å². The molecule has 0 aliphatic rings. The van der Waals surface area contributed by atoms with Crippen LogP contribution >= 0.6 is 0 Å². The quantitative estimate of drug-likeness (QED) is 0.106. The second kappa shape index (κ2) is 15.9. The minimum absolute atomic E-state index is 0.140. The third-order valence-electron chi connectivity index (χ3n) is 5.22. The molecule has 0 aromatic heterocycles. The van der Waals surface area contributed by atoms with E-state index in [1.54, 1.807) is 6.92 Å². The second-order valence-electron chi connectivity index (χ2n) is 7.83. The summed E-state index contributed by atoms with van der Waals surface area (Å²) in [4.78, 5) is 59.9. The fraction of sp³-hybridized carbons (Fsp3) is 0.750. The van der Waals surface area contributed by atoms with Crippen LogP contribution in [-0.4, -0.2) is 82.3 Å². The van der Waals surface area contributed by atoms with E-state index in [1.807, 2.05) is 12.2 Å². The van der Waals surface area contributed by atoms with E-state index >= 15 is 0 Å². The number of nitrogens with one attached hydrogen (secondary N) is 3. The number of aliphatic hydroxyl groups is 1. The van der Waals surface area contributed by atoms with Gasteiger partial charge in [-0.15, -0.1) is 0 Å². The van der Waals surface area contributed by atoms with Gasteiger partial charge < -0.3 is 42.7 Å². The van der Waals surface area contributed by atoms with Gasteiger partial charge in [0.2, 0.25) is 17.7 Å². The standard InChI is InChI=1S/C20H37N5O8/c1-3-11(2)16(22)19(31)24-12(6-4-5-9-21)17(29)23-13(7-8-15(27)28)18(30)25-14(10-26)20(32)33/h11-14,16,26H,3-10,21-22H2,1-2H3,(H,23,29)(H,24,31)(H,25,30)(H,27,28)(H,32,33). The Hall–Kier alpha value is -2.77. The van der Waals surface area contributed by atoms with Gasteiger partial charge in [0.1, 0.15) is 18.1 Å². The normalized spacial score (nSPS) is 15.4. The molecule has 0 fully saturated rings. The molecule has 0 saturated heterocycles. The van der Waals surface area contributed by atoms with Crippen molar-refractivity contribution in [1.82, 2.24) is 16.0 Å². The highest BCUT2D eigenvalue weighted by Gasteiger charge is 2.31. The van der Waals surface area contributed by atoms with Crippen LogP contribution in [0.4, 0.5) is 0 Å². The van der Waals surface area contributed by atoms with Gasteiger partial charge in [-0.3, -0.25) is 19.2 Å². The lowest BCUT2D eigenvalue weighted by atomic mass is 9.98. The molecule has 0 bridgehead atoms. The van der Waals surface area contributed by atoms with Crippen LogP contribution in [0.1, 0.15) is 52.4 Å². The zero-order valence-electron chi connectivity index (χ0n) is 19.1. The van der Waals surface area contributed by atoms with E-state index < -0.39 is 66.9 Å². The Kier molecular flexibility index (Phi) is 14.6. The van der Waals surface area contributed by atoms with Crippen molar-refractivity contribution in [3.8, 4) is 0 Å². The van der Waals surface area contributed by atoms with E-state index in [0.717, 1.165) is 0 Å². The van der Waals surface area contributed by atoms with Crippen LogP contribution < -0.4 is 27.4 Å². The molecule has 10 N–H and O–H groups in total. The summed E-state index contributed by atoms with van der Waals surface area (Å²) < 4.78 is 0. The highest BCUT2D eigenvalue weighted by Crippen LogP contribution is 2.08. The van der Waals surface area contributed by atoms with Crippen molar-refractivity contribution in [3.63, 3.8) is 0 Å². The van der Waals surface area contributed by atoms with Crippen molar-refractivity contribution >= 4 is 29.7 Å². The molecule has 5 unspecified atom stereocenters. The summed E-state index contributed by atoms with van der Waals surface area (Å²) in [6, 6.07) is -4.95. The maximum atomic E-state index is 12.9. The van der Waals surface area contributed by atoms with E-state index in [9.17, 15) is 24.0 Å². The lowest BCUT2D eigenvalue weighted by Crippen LogP contribution is -2.58. The van der Waals surface area contributed by atoms with Crippen LogP contribution in [0.2, 0.25) is 0 Å². The van der Waals surface area contributed by atoms with Gasteiger partial charge in [0.25, 0.3) is 0 Å². The molecule has 0 saturated carbocycles. The summed E-state index contributed by atoms with van der Waals surface area (Å²) >= 11 is 0. The molecule has 3 amide bonds. The topological polar surface area (TPSA) is 234 Å². The molecular weight excluding hydrogens is 438 g/mol. The smallest absolute Gasteiger partial charge is 0.328 e. The number of carbonyl (C=O) groups excluding carboxylic acids is 3. The van der Waals surface area contributed by atoms with E-state index in [2.05, 4.69) is 10.6 Å². The third-order valence-corrected chi connectivity index (χ3v) is 5.22. The zero-order valence-corrected chi connectivity index (χ0v) is 19.1. The highest BCUT2D eigenvalue weighted by molar-refractivity contribution is 5.94. The van der Waals surface area contributed by atoms with Gasteiger partial charge in [-0.1, -0.05) is 20.3 Å². The van der Waals surface area contributed by atoms with Gasteiger partial charge >= 0.3 is 11.9 Å².